The summed E-state index contributed by atoms with van der Waals surface area (Å²) in [4.78, 5) is 94.2. The molecule has 2 aromatic carbocycles. The highest BCUT2D eigenvalue weighted by Gasteiger charge is 2.42. The molecule has 3 N–H and O–H groups in total. The van der Waals surface area contributed by atoms with Crippen molar-refractivity contribution in [3.8, 4) is 5.75 Å². The molecule has 1 aromatic heterocycles. The van der Waals surface area contributed by atoms with Crippen molar-refractivity contribution in [2.24, 2.45) is 5.92 Å². The lowest BCUT2D eigenvalue weighted by Gasteiger charge is -2.43. The van der Waals surface area contributed by atoms with Crippen molar-refractivity contribution in [2.45, 2.75) is 95.8 Å². The molecule has 3 fully saturated rings. The number of aromatic nitrogens is 2. The summed E-state index contributed by atoms with van der Waals surface area (Å²) in [6.07, 6.45) is 9.16. The second-order valence-electron chi connectivity index (χ2n) is 17.5. The zero-order chi connectivity index (χ0) is 44.9. The number of fused-ring (bicyclic) bond motifs is 2. The zero-order valence-corrected chi connectivity index (χ0v) is 38.3. The van der Waals surface area contributed by atoms with Crippen LogP contribution in [0.25, 0.3) is 0 Å². The number of amides is 5. The van der Waals surface area contributed by atoms with E-state index in [4.69, 9.17) is 14.5 Å². The van der Waals surface area contributed by atoms with Crippen molar-refractivity contribution in [3.05, 3.63) is 70.7 Å². The van der Waals surface area contributed by atoms with Gasteiger partial charge in [-0.3, -0.25) is 34.1 Å². The van der Waals surface area contributed by atoms with Gasteiger partial charge in [-0.15, -0.1) is 12.4 Å². The summed E-state index contributed by atoms with van der Waals surface area (Å²) in [5.41, 5.74) is 3.81. The van der Waals surface area contributed by atoms with Crippen LogP contribution < -0.4 is 30.5 Å². The van der Waals surface area contributed by atoms with Crippen LogP contribution in [-0.4, -0.2) is 133 Å². The summed E-state index contributed by atoms with van der Waals surface area (Å²) in [6, 6.07) is 10.0. The fraction of sp³-hybridized carbons (Fsp3) is 0.532. The molecule has 3 atom stereocenters. The third kappa shape index (κ3) is 10.5. The van der Waals surface area contributed by atoms with Gasteiger partial charge >= 0.3 is 0 Å². The Kier molecular flexibility index (Phi) is 15.5. The van der Waals surface area contributed by atoms with Crippen molar-refractivity contribution >= 4 is 64.9 Å². The minimum absolute atomic E-state index is 0. The van der Waals surface area contributed by atoms with Crippen molar-refractivity contribution in [3.63, 3.8) is 0 Å². The predicted octanol–water partition coefficient (Wildman–Crippen LogP) is 3.90. The number of carbonyl (C=O) groups excluding carboxylic acids is 6. The van der Waals surface area contributed by atoms with Gasteiger partial charge in [-0.25, -0.2) is 9.97 Å². The van der Waals surface area contributed by atoms with E-state index in [0.717, 1.165) is 75.4 Å². The molecule has 1 saturated carbocycles. The second kappa shape index (κ2) is 21.2. The van der Waals surface area contributed by atoms with Crippen LogP contribution in [0, 0.1) is 5.92 Å². The number of nitrogens with one attached hydrogen (secondary N) is 3. The fourth-order valence-corrected chi connectivity index (χ4v) is 9.96. The molecule has 0 spiro atoms. The molecule has 2 saturated heterocycles. The molecule has 65 heavy (non-hydrogen) atoms. The zero-order valence-electron chi connectivity index (χ0n) is 37.4. The first-order valence-corrected chi connectivity index (χ1v) is 22.7. The average molecular weight is 915 g/mol. The monoisotopic (exact) mass is 913 g/mol. The summed E-state index contributed by atoms with van der Waals surface area (Å²) in [5.74, 6) is 1.04. The molecule has 17 nitrogen and oxygen atoms in total. The smallest absolute Gasteiger partial charge is 0.255 e. The number of ether oxygens (including phenoxy) is 2. The number of likely N-dealkylation sites (N-methyl/N-ethyl adjacent to an activating group) is 1. The number of hydrogen-bond donors (Lipinski definition) is 3. The lowest BCUT2D eigenvalue weighted by atomic mass is 9.96. The van der Waals surface area contributed by atoms with Crippen molar-refractivity contribution < 1.29 is 38.2 Å². The molecular formula is C47H60ClN9O8. The molecule has 0 radical (unpaired) electrons. The standard InChI is InChI=1S/C47H59N9O8.ClH/c1-4-36-47(62)53(2)38-25-49-41(51-44(38)56(36)32-8-5-6-9-32)24-31-13-12-30(23-40(31)63-3)39(57)22-29-16-19-54(26-29)20-17-48-18-21-64-28-43(59)50-35-11-7-10-33-34(35)27-55(46(33)61)37-14-15-42(58)52-45(37)60;/h7,10-13,23,25,29,32,36-37,48H,4-6,8-9,14-22,24,26-28H2,1-3H3,(H,50,59)(H,52,58,60);1H/t29?,36-,37?;/m1./s1. The maximum absolute atomic E-state index is 13.5. The number of halogens is 1. The van der Waals surface area contributed by atoms with E-state index in [1.807, 2.05) is 18.2 Å². The number of nitrogens with zero attached hydrogens (tertiary/aromatic N) is 6. The van der Waals surface area contributed by atoms with E-state index in [2.05, 4.69) is 37.7 Å². The summed E-state index contributed by atoms with van der Waals surface area (Å²) in [6.45, 7) is 6.29. The van der Waals surface area contributed by atoms with Crippen LogP contribution in [0.1, 0.15) is 102 Å². The van der Waals surface area contributed by atoms with E-state index in [0.29, 0.717) is 66.4 Å². The Hall–Kier alpha value is -5.49. The van der Waals surface area contributed by atoms with Gasteiger partial charge in [0.2, 0.25) is 23.6 Å². The van der Waals surface area contributed by atoms with Gasteiger partial charge in [-0.05, 0) is 62.8 Å². The molecule has 1 aliphatic carbocycles. The highest BCUT2D eigenvalue weighted by molar-refractivity contribution is 6.07. The lowest BCUT2D eigenvalue weighted by Crippen LogP contribution is -2.55. The van der Waals surface area contributed by atoms with E-state index in [-0.39, 0.29) is 85.8 Å². The Labute approximate surface area is 385 Å². The molecule has 5 heterocycles. The molecule has 5 aliphatic rings. The molecule has 2 unspecified atom stereocenters. The minimum atomic E-state index is -0.732. The normalized spacial score (nSPS) is 21.0. The van der Waals surface area contributed by atoms with Crippen LogP contribution in [0.4, 0.5) is 17.2 Å². The number of hydrogen-bond acceptors (Lipinski definition) is 13. The molecule has 5 amide bonds. The molecule has 8 rings (SSSR count). The number of anilines is 3. The predicted molar refractivity (Wildman–Crippen MR) is 246 cm³/mol. The summed E-state index contributed by atoms with van der Waals surface area (Å²) >= 11 is 0. The Bertz CT molecular complexity index is 2290. The van der Waals surface area contributed by atoms with Crippen LogP contribution in [0.2, 0.25) is 0 Å². The van der Waals surface area contributed by atoms with E-state index in [1.165, 1.54) is 4.90 Å². The third-order valence-corrected chi connectivity index (χ3v) is 13.4. The first kappa shape index (κ1) is 47.5. The minimum Gasteiger partial charge on any atom is -0.496 e. The van der Waals surface area contributed by atoms with Gasteiger partial charge in [-0.1, -0.05) is 38.0 Å². The van der Waals surface area contributed by atoms with E-state index in [9.17, 15) is 28.8 Å². The van der Waals surface area contributed by atoms with Gasteiger partial charge in [0, 0.05) is 93.0 Å². The highest BCUT2D eigenvalue weighted by Crippen LogP contribution is 2.40. The van der Waals surface area contributed by atoms with Gasteiger partial charge in [0.05, 0.1) is 19.9 Å². The Morgan fingerprint density at radius 1 is 1.02 bits per heavy atom. The highest BCUT2D eigenvalue weighted by atomic mass is 35.5. The number of methoxy groups -OCH3 is 1. The SMILES string of the molecule is CC[C@@H]1C(=O)N(C)c2cnc(Cc3ccc(C(=O)CC4CCN(CCNCCOCC(=O)Nc5cccc6c5CN(C5CCC(=O)NC5=O)C6=O)C4)cc3OC)nc2N1C1CCCC1.Cl. The summed E-state index contributed by atoms with van der Waals surface area (Å²) in [7, 11) is 3.42. The number of piperidine rings is 1. The Morgan fingerprint density at radius 2 is 1.83 bits per heavy atom. The quantitative estimate of drug-likeness (QED) is 0.0946. The van der Waals surface area contributed by atoms with Gasteiger partial charge < -0.3 is 39.7 Å². The largest absolute Gasteiger partial charge is 0.496 e. The molecular weight excluding hydrogens is 854 g/mol. The Balaban J connectivity index is 0.00000630. The summed E-state index contributed by atoms with van der Waals surface area (Å²) in [5, 5.41) is 8.51. The number of likely N-dealkylation sites (tertiary alicyclic amines) is 1. The first-order valence-electron chi connectivity index (χ1n) is 22.7. The van der Waals surface area contributed by atoms with Crippen LogP contribution in [0.3, 0.4) is 0 Å². The topological polar surface area (TPSA) is 196 Å². The molecule has 18 heteroatoms. The van der Waals surface area contributed by atoms with Crippen LogP contribution >= 0.6 is 12.4 Å². The molecule has 348 valence electrons. The van der Waals surface area contributed by atoms with Crippen molar-refractivity contribution in [1.29, 1.82) is 0 Å². The average Bonchev–Trinajstić information content (AvgIpc) is 4.06. The first-order chi connectivity index (χ1) is 31.0. The number of carbonyl (C=O) groups is 6. The number of Topliss-reactive ketones (excluding diaryl/α,β-unsaturated/α-hetero) is 1. The van der Waals surface area contributed by atoms with Gasteiger partial charge in [0.1, 0.15) is 36.0 Å². The summed E-state index contributed by atoms with van der Waals surface area (Å²) < 4.78 is 11.4. The lowest BCUT2D eigenvalue weighted by molar-refractivity contribution is -0.137. The molecule has 3 aromatic rings. The van der Waals surface area contributed by atoms with E-state index < -0.39 is 11.9 Å². The van der Waals surface area contributed by atoms with Crippen LogP contribution in [0.15, 0.2) is 42.6 Å². The third-order valence-electron chi connectivity index (χ3n) is 13.4. The van der Waals surface area contributed by atoms with Gasteiger partial charge in [0.25, 0.3) is 5.91 Å². The maximum atomic E-state index is 13.5. The molecule has 0 bridgehead atoms. The second-order valence-corrected chi connectivity index (χ2v) is 17.5. The van der Waals surface area contributed by atoms with E-state index in [1.54, 1.807) is 43.5 Å². The van der Waals surface area contributed by atoms with Crippen LogP contribution in [0.5, 0.6) is 5.75 Å². The Morgan fingerprint density at radius 3 is 2.60 bits per heavy atom. The number of imide groups is 1. The van der Waals surface area contributed by atoms with Crippen LogP contribution in [-0.2, 0) is 36.9 Å². The number of ketones is 1. The number of rotatable bonds is 18. The van der Waals surface area contributed by atoms with Gasteiger partial charge in [-0.2, -0.15) is 0 Å². The molecule has 4 aliphatic heterocycles. The maximum Gasteiger partial charge on any atom is 0.255 e. The number of benzene rings is 2. The van der Waals surface area contributed by atoms with Crippen molar-refractivity contribution in [2.75, 3.05) is 75.2 Å². The van der Waals surface area contributed by atoms with Gasteiger partial charge in [0.15, 0.2) is 11.6 Å². The van der Waals surface area contributed by atoms with E-state index >= 15 is 0 Å². The van der Waals surface area contributed by atoms with Crippen molar-refractivity contribution in [1.82, 2.24) is 30.4 Å². The fourth-order valence-electron chi connectivity index (χ4n) is 9.96.